The van der Waals surface area contributed by atoms with Crippen molar-refractivity contribution in [2.45, 2.75) is 46.3 Å². The first-order valence-electron chi connectivity index (χ1n) is 9.60. The van der Waals surface area contributed by atoms with Crippen molar-refractivity contribution in [3.05, 3.63) is 53.5 Å². The van der Waals surface area contributed by atoms with Crippen LogP contribution in [0.15, 0.2) is 24.7 Å². The van der Waals surface area contributed by atoms with Crippen LogP contribution in [0.25, 0.3) is 16.9 Å². The molecule has 0 radical (unpaired) electrons. The van der Waals surface area contributed by atoms with Gasteiger partial charge in [0.2, 0.25) is 5.88 Å². The molecule has 0 aliphatic rings. The molecule has 0 N–H and O–H groups in total. The molecule has 3 heterocycles. The minimum Gasteiger partial charge on any atom is -0.468 e. The van der Waals surface area contributed by atoms with Crippen molar-refractivity contribution in [1.29, 1.82) is 0 Å². The SMILES string of the molecule is CCn1ncnc1COc1nn2c(-c3c(F)ccc(F)c3F)nncc2c1C(C)(C)C. The summed E-state index contributed by atoms with van der Waals surface area (Å²) in [5.74, 6) is -3.00. The molecule has 11 heteroatoms. The highest BCUT2D eigenvalue weighted by Crippen LogP contribution is 2.36. The van der Waals surface area contributed by atoms with Crippen LogP contribution in [-0.2, 0) is 18.6 Å². The molecule has 3 aromatic heterocycles. The summed E-state index contributed by atoms with van der Waals surface area (Å²) < 4.78 is 51.5. The number of fused-ring (bicyclic) bond motifs is 1. The third-order valence-electron chi connectivity index (χ3n) is 4.77. The van der Waals surface area contributed by atoms with E-state index in [9.17, 15) is 13.2 Å². The van der Waals surface area contributed by atoms with Crippen LogP contribution in [0.1, 0.15) is 39.1 Å². The van der Waals surface area contributed by atoms with E-state index in [2.05, 4.69) is 25.4 Å². The maximum atomic E-state index is 14.5. The lowest BCUT2D eigenvalue weighted by atomic mass is 9.88. The fourth-order valence-corrected chi connectivity index (χ4v) is 3.36. The largest absolute Gasteiger partial charge is 0.468 e. The van der Waals surface area contributed by atoms with Crippen LogP contribution in [0.4, 0.5) is 13.2 Å². The fourth-order valence-electron chi connectivity index (χ4n) is 3.36. The first kappa shape index (κ1) is 20.8. The maximum Gasteiger partial charge on any atom is 0.238 e. The Balaban J connectivity index is 1.89. The molecular formula is C20H20F3N7O. The third-order valence-corrected chi connectivity index (χ3v) is 4.77. The number of hydrogen-bond acceptors (Lipinski definition) is 6. The molecule has 0 amide bonds. The van der Waals surface area contributed by atoms with E-state index in [4.69, 9.17) is 4.74 Å². The summed E-state index contributed by atoms with van der Waals surface area (Å²) in [5, 5.41) is 16.2. The zero-order valence-electron chi connectivity index (χ0n) is 17.4. The predicted molar refractivity (Wildman–Crippen MR) is 105 cm³/mol. The number of halogens is 3. The summed E-state index contributed by atoms with van der Waals surface area (Å²) in [6, 6.07) is 1.54. The lowest BCUT2D eigenvalue weighted by Crippen LogP contribution is -2.14. The molecule has 31 heavy (non-hydrogen) atoms. The minimum atomic E-state index is -1.37. The van der Waals surface area contributed by atoms with Crippen LogP contribution in [0.2, 0.25) is 0 Å². The molecule has 0 bridgehead atoms. The van der Waals surface area contributed by atoms with E-state index in [0.717, 1.165) is 6.07 Å². The van der Waals surface area contributed by atoms with Gasteiger partial charge in [-0.2, -0.15) is 10.2 Å². The van der Waals surface area contributed by atoms with Crippen LogP contribution >= 0.6 is 0 Å². The Labute approximate surface area is 175 Å². The molecule has 0 saturated carbocycles. The van der Waals surface area contributed by atoms with Crippen molar-refractivity contribution in [1.82, 2.24) is 34.6 Å². The van der Waals surface area contributed by atoms with Gasteiger partial charge in [0.15, 0.2) is 23.3 Å². The van der Waals surface area contributed by atoms with Gasteiger partial charge in [-0.1, -0.05) is 20.8 Å². The molecule has 4 rings (SSSR count). The molecule has 0 saturated heterocycles. The summed E-state index contributed by atoms with van der Waals surface area (Å²) in [6.07, 6.45) is 2.85. The van der Waals surface area contributed by atoms with Crippen molar-refractivity contribution in [3.8, 4) is 17.3 Å². The van der Waals surface area contributed by atoms with Crippen molar-refractivity contribution < 1.29 is 17.9 Å². The number of ether oxygens (including phenoxy) is 1. The second-order valence-corrected chi connectivity index (χ2v) is 7.89. The van der Waals surface area contributed by atoms with E-state index < -0.39 is 28.4 Å². The van der Waals surface area contributed by atoms with Gasteiger partial charge in [0.05, 0.1) is 17.3 Å². The standard InChI is InChI=1S/C20H20F3N7O/c1-5-29-14(24-10-26-29)9-31-19-16(20(2,3)4)13-8-25-27-18(30(13)28-19)15-11(21)6-7-12(22)17(15)23/h6-8,10H,5,9H2,1-4H3. The fraction of sp³-hybridized carbons (Fsp3) is 0.350. The molecule has 0 aliphatic carbocycles. The normalized spacial score (nSPS) is 12.0. The zero-order valence-corrected chi connectivity index (χ0v) is 17.4. The third kappa shape index (κ3) is 3.60. The minimum absolute atomic E-state index is 0.0830. The Morgan fingerprint density at radius 3 is 2.55 bits per heavy atom. The lowest BCUT2D eigenvalue weighted by molar-refractivity contribution is 0.268. The van der Waals surface area contributed by atoms with Crippen molar-refractivity contribution >= 4 is 5.52 Å². The Kier molecular flexibility index (Phi) is 5.11. The molecule has 0 aliphatic heterocycles. The number of hydrogen-bond donors (Lipinski definition) is 0. The first-order chi connectivity index (χ1) is 14.7. The van der Waals surface area contributed by atoms with Gasteiger partial charge >= 0.3 is 0 Å². The topological polar surface area (TPSA) is 83.0 Å². The van der Waals surface area contributed by atoms with Gasteiger partial charge in [-0.05, 0) is 24.5 Å². The van der Waals surface area contributed by atoms with E-state index in [-0.39, 0.29) is 18.3 Å². The van der Waals surface area contributed by atoms with E-state index in [1.54, 1.807) is 4.68 Å². The Morgan fingerprint density at radius 2 is 1.84 bits per heavy atom. The molecule has 0 atom stereocenters. The number of aryl methyl sites for hydroxylation is 1. The van der Waals surface area contributed by atoms with Gasteiger partial charge in [0.1, 0.15) is 18.8 Å². The Morgan fingerprint density at radius 1 is 1.10 bits per heavy atom. The average Bonchev–Trinajstić information content (AvgIpc) is 3.33. The monoisotopic (exact) mass is 431 g/mol. The summed E-state index contributed by atoms with van der Waals surface area (Å²) >= 11 is 0. The predicted octanol–water partition coefficient (Wildman–Crippen LogP) is 3.70. The highest BCUT2D eigenvalue weighted by Gasteiger charge is 2.29. The summed E-state index contributed by atoms with van der Waals surface area (Å²) in [5.41, 5.74) is -0.0243. The van der Waals surface area contributed by atoms with Crippen molar-refractivity contribution in [2.75, 3.05) is 0 Å². The number of nitrogens with zero attached hydrogens (tertiary/aromatic N) is 7. The molecule has 0 fully saturated rings. The smallest absolute Gasteiger partial charge is 0.238 e. The first-order valence-corrected chi connectivity index (χ1v) is 9.60. The van der Waals surface area contributed by atoms with E-state index >= 15 is 0 Å². The van der Waals surface area contributed by atoms with Gasteiger partial charge < -0.3 is 4.74 Å². The number of benzene rings is 1. The van der Waals surface area contributed by atoms with E-state index in [1.165, 1.54) is 17.0 Å². The number of aromatic nitrogens is 7. The molecule has 8 nitrogen and oxygen atoms in total. The van der Waals surface area contributed by atoms with Gasteiger partial charge in [-0.25, -0.2) is 27.4 Å². The molecule has 162 valence electrons. The van der Waals surface area contributed by atoms with Crippen LogP contribution in [-0.4, -0.2) is 34.6 Å². The second-order valence-electron chi connectivity index (χ2n) is 7.89. The molecule has 4 aromatic rings. The highest BCUT2D eigenvalue weighted by molar-refractivity contribution is 5.67. The van der Waals surface area contributed by atoms with E-state index in [1.807, 2.05) is 27.7 Å². The van der Waals surface area contributed by atoms with Gasteiger partial charge in [0.25, 0.3) is 0 Å². The van der Waals surface area contributed by atoms with Crippen molar-refractivity contribution in [2.24, 2.45) is 0 Å². The molecule has 0 unspecified atom stereocenters. The summed E-state index contributed by atoms with van der Waals surface area (Å²) in [6.45, 7) is 8.44. The maximum absolute atomic E-state index is 14.5. The second kappa shape index (κ2) is 7.64. The zero-order chi connectivity index (χ0) is 22.3. The average molecular weight is 431 g/mol. The molecule has 1 aromatic carbocycles. The molecular weight excluding hydrogens is 411 g/mol. The summed E-state index contributed by atoms with van der Waals surface area (Å²) in [4.78, 5) is 4.17. The number of rotatable bonds is 5. The quantitative estimate of drug-likeness (QED) is 0.448. The molecule has 0 spiro atoms. The van der Waals surface area contributed by atoms with Crippen LogP contribution in [0.5, 0.6) is 5.88 Å². The van der Waals surface area contributed by atoms with Crippen LogP contribution in [0, 0.1) is 17.5 Å². The van der Waals surface area contributed by atoms with Crippen LogP contribution < -0.4 is 4.74 Å². The van der Waals surface area contributed by atoms with Crippen molar-refractivity contribution in [3.63, 3.8) is 0 Å². The van der Waals surface area contributed by atoms with Gasteiger partial charge in [-0.3, -0.25) is 0 Å². The van der Waals surface area contributed by atoms with Crippen LogP contribution in [0.3, 0.4) is 0 Å². The summed E-state index contributed by atoms with van der Waals surface area (Å²) in [7, 11) is 0. The van der Waals surface area contributed by atoms with Gasteiger partial charge in [-0.15, -0.1) is 10.2 Å². The lowest BCUT2D eigenvalue weighted by Gasteiger charge is -2.18. The highest BCUT2D eigenvalue weighted by atomic mass is 19.2. The van der Waals surface area contributed by atoms with Gasteiger partial charge in [0, 0.05) is 12.1 Å². The Hall–Kier alpha value is -3.50. The Bertz CT molecular complexity index is 1260. The van der Waals surface area contributed by atoms with E-state index in [0.29, 0.717) is 29.5 Å².